The fourth-order valence-corrected chi connectivity index (χ4v) is 3.74. The van der Waals surface area contributed by atoms with E-state index in [0.717, 1.165) is 31.7 Å². The molecule has 0 radical (unpaired) electrons. The van der Waals surface area contributed by atoms with Crippen molar-refractivity contribution in [3.8, 4) is 5.75 Å². The van der Waals surface area contributed by atoms with Gasteiger partial charge in [0.1, 0.15) is 5.75 Å². The van der Waals surface area contributed by atoms with Gasteiger partial charge in [0, 0.05) is 19.6 Å². The first kappa shape index (κ1) is 14.9. The summed E-state index contributed by atoms with van der Waals surface area (Å²) in [6, 6.07) is 6.26. The van der Waals surface area contributed by atoms with E-state index in [1.165, 1.54) is 5.56 Å². The van der Waals surface area contributed by atoms with Crippen molar-refractivity contribution in [3.63, 3.8) is 0 Å². The Morgan fingerprint density at radius 3 is 3.17 bits per heavy atom. The number of benzene rings is 1. The Balaban J connectivity index is 1.44. The van der Waals surface area contributed by atoms with Crippen molar-refractivity contribution in [3.05, 3.63) is 40.7 Å². The van der Waals surface area contributed by atoms with Gasteiger partial charge in [-0.15, -0.1) is 5.10 Å². The lowest BCUT2D eigenvalue weighted by Crippen LogP contribution is -2.48. The van der Waals surface area contributed by atoms with Crippen molar-refractivity contribution in [1.29, 1.82) is 0 Å². The Kier molecular flexibility index (Phi) is 3.97. The third kappa shape index (κ3) is 2.82. The second-order valence-corrected chi connectivity index (χ2v) is 6.49. The summed E-state index contributed by atoms with van der Waals surface area (Å²) in [6.07, 6.45) is 2.99. The molecule has 7 heteroatoms. The highest BCUT2D eigenvalue weighted by atomic mass is 35.5. The third-order valence-electron chi connectivity index (χ3n) is 4.64. The molecule has 0 bridgehead atoms. The van der Waals surface area contributed by atoms with E-state index in [4.69, 9.17) is 21.1 Å². The van der Waals surface area contributed by atoms with Gasteiger partial charge in [-0.05, 0) is 24.1 Å². The number of ether oxygens (including phenoxy) is 2. The number of rotatable bonds is 3. The van der Waals surface area contributed by atoms with Crippen LogP contribution in [-0.4, -0.2) is 46.2 Å². The molecule has 0 aliphatic carbocycles. The lowest BCUT2D eigenvalue weighted by Gasteiger charge is -2.41. The van der Waals surface area contributed by atoms with Gasteiger partial charge in [-0.25, -0.2) is 4.68 Å². The van der Waals surface area contributed by atoms with Gasteiger partial charge in [0.25, 0.3) is 0 Å². The van der Waals surface area contributed by atoms with E-state index in [1.807, 2.05) is 16.8 Å². The van der Waals surface area contributed by atoms with Crippen LogP contribution in [0.3, 0.4) is 0 Å². The van der Waals surface area contributed by atoms with Gasteiger partial charge in [-0.2, -0.15) is 0 Å². The van der Waals surface area contributed by atoms with Gasteiger partial charge in [0.15, 0.2) is 0 Å². The molecule has 0 spiro atoms. The van der Waals surface area contributed by atoms with Crippen molar-refractivity contribution >= 4 is 11.6 Å². The number of piperidine rings is 1. The Labute approximate surface area is 139 Å². The molecule has 2 aromatic rings. The van der Waals surface area contributed by atoms with Crippen LogP contribution < -0.4 is 4.74 Å². The van der Waals surface area contributed by atoms with Crippen LogP contribution in [0.1, 0.15) is 23.7 Å². The minimum absolute atomic E-state index is 0.173. The number of nitrogens with zero attached hydrogens (tertiary/aromatic N) is 4. The molecule has 0 N–H and O–H groups in total. The Morgan fingerprint density at radius 1 is 1.43 bits per heavy atom. The molecule has 4 rings (SSSR count). The van der Waals surface area contributed by atoms with Crippen LogP contribution in [0.5, 0.6) is 5.75 Å². The van der Waals surface area contributed by atoms with E-state index in [0.29, 0.717) is 23.4 Å². The average molecular weight is 335 g/mol. The minimum atomic E-state index is 0.173. The molecule has 1 aromatic carbocycles. The molecule has 122 valence electrons. The minimum Gasteiger partial charge on any atom is -0.495 e. The summed E-state index contributed by atoms with van der Waals surface area (Å²) in [5.41, 5.74) is 2.26. The van der Waals surface area contributed by atoms with E-state index < -0.39 is 0 Å². The first-order valence-corrected chi connectivity index (χ1v) is 8.18. The monoisotopic (exact) mass is 334 g/mol. The third-order valence-corrected chi connectivity index (χ3v) is 4.93. The van der Waals surface area contributed by atoms with E-state index in [9.17, 15) is 0 Å². The fourth-order valence-electron chi connectivity index (χ4n) is 3.46. The topological polar surface area (TPSA) is 52.4 Å². The SMILES string of the molecule is COc1ccc(CN2CC[C@H]3[C@H](C2)OCc2cnnn23)cc1Cl. The van der Waals surface area contributed by atoms with Gasteiger partial charge < -0.3 is 9.47 Å². The number of hydrogen-bond acceptors (Lipinski definition) is 5. The molecule has 23 heavy (non-hydrogen) atoms. The van der Waals surface area contributed by atoms with Gasteiger partial charge in [0.2, 0.25) is 0 Å². The van der Waals surface area contributed by atoms with Crippen LogP contribution in [0, 0.1) is 0 Å². The Hall–Kier alpha value is -1.63. The zero-order chi connectivity index (χ0) is 15.8. The van der Waals surface area contributed by atoms with E-state index in [-0.39, 0.29) is 6.10 Å². The number of hydrogen-bond donors (Lipinski definition) is 0. The maximum atomic E-state index is 6.21. The number of likely N-dealkylation sites (tertiary alicyclic amines) is 1. The number of fused-ring (bicyclic) bond motifs is 3. The fraction of sp³-hybridized carbons (Fsp3) is 0.500. The zero-order valence-electron chi connectivity index (χ0n) is 13.0. The largest absolute Gasteiger partial charge is 0.495 e. The van der Waals surface area contributed by atoms with Crippen LogP contribution in [0.25, 0.3) is 0 Å². The summed E-state index contributed by atoms with van der Waals surface area (Å²) >= 11 is 6.21. The molecule has 0 unspecified atom stereocenters. The van der Waals surface area contributed by atoms with Crippen LogP contribution in [0.4, 0.5) is 0 Å². The summed E-state index contributed by atoms with van der Waals surface area (Å²) in [4.78, 5) is 2.40. The summed E-state index contributed by atoms with van der Waals surface area (Å²) in [5, 5.41) is 8.87. The van der Waals surface area contributed by atoms with Crippen LogP contribution >= 0.6 is 11.6 Å². The van der Waals surface area contributed by atoms with Crippen molar-refractivity contribution < 1.29 is 9.47 Å². The van der Waals surface area contributed by atoms with Crippen LogP contribution in [-0.2, 0) is 17.9 Å². The average Bonchev–Trinajstić information content (AvgIpc) is 3.04. The normalized spacial score (nSPS) is 24.1. The number of halogens is 1. The van der Waals surface area contributed by atoms with Gasteiger partial charge >= 0.3 is 0 Å². The summed E-state index contributed by atoms with van der Waals surface area (Å²) in [6.45, 7) is 3.36. The van der Waals surface area contributed by atoms with E-state index in [1.54, 1.807) is 13.3 Å². The summed E-state index contributed by atoms with van der Waals surface area (Å²) in [7, 11) is 1.63. The molecular formula is C16H19ClN4O2. The molecule has 2 aliphatic heterocycles. The predicted octanol–water partition coefficient (Wildman–Crippen LogP) is 2.29. The van der Waals surface area contributed by atoms with Crippen LogP contribution in [0.2, 0.25) is 5.02 Å². The number of methoxy groups -OCH3 is 1. The van der Waals surface area contributed by atoms with Crippen LogP contribution in [0.15, 0.2) is 24.4 Å². The van der Waals surface area contributed by atoms with E-state index >= 15 is 0 Å². The molecule has 3 heterocycles. The van der Waals surface area contributed by atoms with E-state index in [2.05, 4.69) is 21.3 Å². The predicted molar refractivity (Wildman–Crippen MR) is 85.5 cm³/mol. The highest BCUT2D eigenvalue weighted by Crippen LogP contribution is 2.31. The molecule has 1 saturated heterocycles. The number of aromatic nitrogens is 3. The smallest absolute Gasteiger partial charge is 0.137 e. The molecule has 2 atom stereocenters. The maximum Gasteiger partial charge on any atom is 0.137 e. The highest BCUT2D eigenvalue weighted by Gasteiger charge is 2.36. The molecule has 0 saturated carbocycles. The van der Waals surface area contributed by atoms with Gasteiger partial charge in [-0.3, -0.25) is 4.90 Å². The molecule has 1 aromatic heterocycles. The molecule has 0 amide bonds. The van der Waals surface area contributed by atoms with Crippen molar-refractivity contribution in [1.82, 2.24) is 19.9 Å². The second-order valence-electron chi connectivity index (χ2n) is 6.08. The Bertz CT molecular complexity index is 705. The first-order chi connectivity index (χ1) is 11.2. The van der Waals surface area contributed by atoms with Gasteiger partial charge in [0.05, 0.1) is 42.8 Å². The molecular weight excluding hydrogens is 316 g/mol. The quantitative estimate of drug-likeness (QED) is 0.862. The molecule has 2 aliphatic rings. The van der Waals surface area contributed by atoms with Crippen molar-refractivity contribution in [2.45, 2.75) is 31.7 Å². The highest BCUT2D eigenvalue weighted by molar-refractivity contribution is 6.32. The summed E-state index contributed by atoms with van der Waals surface area (Å²) in [5.74, 6) is 0.712. The Morgan fingerprint density at radius 2 is 2.35 bits per heavy atom. The van der Waals surface area contributed by atoms with Crippen molar-refractivity contribution in [2.75, 3.05) is 20.2 Å². The lowest BCUT2D eigenvalue weighted by atomic mass is 9.99. The maximum absolute atomic E-state index is 6.21. The standard InChI is InChI=1S/C16H19ClN4O2/c1-22-15-3-2-11(6-13(15)17)8-20-5-4-14-16(9-20)23-10-12-7-18-19-21(12)14/h2-3,6-7,14,16H,4-5,8-10H2,1H3/t14-,16-/m0/s1. The van der Waals surface area contributed by atoms with Crippen molar-refractivity contribution in [2.24, 2.45) is 0 Å². The lowest BCUT2D eigenvalue weighted by molar-refractivity contribution is -0.0704. The molecule has 1 fully saturated rings. The van der Waals surface area contributed by atoms with Gasteiger partial charge in [-0.1, -0.05) is 22.9 Å². The molecule has 6 nitrogen and oxygen atoms in total. The zero-order valence-corrected chi connectivity index (χ0v) is 13.7. The summed E-state index contributed by atoms with van der Waals surface area (Å²) < 4.78 is 13.2. The first-order valence-electron chi connectivity index (χ1n) is 7.80. The second kappa shape index (κ2) is 6.11.